The highest BCUT2D eigenvalue weighted by atomic mass is 16.6. The summed E-state index contributed by atoms with van der Waals surface area (Å²) in [5.74, 6) is -1.97. The second kappa shape index (κ2) is 9.29. The second-order valence-corrected chi connectivity index (χ2v) is 6.96. The first-order valence-electron chi connectivity index (χ1n) is 9.35. The van der Waals surface area contributed by atoms with Crippen LogP contribution in [-0.4, -0.2) is 51.3 Å². The fraction of sp³-hybridized carbons (Fsp3) is 0.526. The van der Waals surface area contributed by atoms with Crippen molar-refractivity contribution in [2.45, 2.75) is 58.0 Å². The van der Waals surface area contributed by atoms with Crippen molar-refractivity contribution in [2.75, 3.05) is 6.54 Å². The lowest BCUT2D eigenvalue weighted by molar-refractivity contribution is -0.385. The summed E-state index contributed by atoms with van der Waals surface area (Å²) in [7, 11) is 0. The molecule has 28 heavy (non-hydrogen) atoms. The van der Waals surface area contributed by atoms with E-state index in [0.717, 1.165) is 6.42 Å². The fourth-order valence-corrected chi connectivity index (χ4v) is 3.38. The number of nitrogens with zero attached hydrogens (tertiary/aromatic N) is 2. The van der Waals surface area contributed by atoms with E-state index in [1.165, 1.54) is 23.1 Å². The molecule has 2 amide bonds. The number of benzene rings is 1. The molecular formula is C19H25N3O6. The molecule has 2 N–H and O–H groups in total. The Kier molecular flexibility index (Phi) is 7.08. The Morgan fingerprint density at radius 2 is 2.11 bits per heavy atom. The van der Waals surface area contributed by atoms with Crippen LogP contribution in [0, 0.1) is 17.0 Å². The Hall–Kier alpha value is -2.97. The van der Waals surface area contributed by atoms with Crippen LogP contribution in [0.5, 0.6) is 0 Å². The third-order valence-electron chi connectivity index (χ3n) is 4.92. The molecule has 1 saturated heterocycles. The number of nitro groups is 1. The van der Waals surface area contributed by atoms with E-state index in [-0.39, 0.29) is 11.3 Å². The van der Waals surface area contributed by atoms with E-state index >= 15 is 0 Å². The molecule has 1 aliphatic heterocycles. The highest BCUT2D eigenvalue weighted by Crippen LogP contribution is 2.24. The zero-order valence-electron chi connectivity index (χ0n) is 16.0. The number of likely N-dealkylation sites (tertiary alicyclic amines) is 1. The Morgan fingerprint density at radius 1 is 1.39 bits per heavy atom. The smallest absolute Gasteiger partial charge is 0.326 e. The van der Waals surface area contributed by atoms with Gasteiger partial charge in [-0.15, -0.1) is 0 Å². The third-order valence-corrected chi connectivity index (χ3v) is 4.92. The molecule has 9 heteroatoms. The topological polar surface area (TPSA) is 130 Å². The molecule has 1 aromatic carbocycles. The molecule has 0 aromatic heterocycles. The lowest BCUT2D eigenvalue weighted by Crippen LogP contribution is -2.50. The minimum absolute atomic E-state index is 0.0764. The first-order valence-corrected chi connectivity index (χ1v) is 9.35. The number of aryl methyl sites for hydroxylation is 1. The van der Waals surface area contributed by atoms with Crippen molar-refractivity contribution in [2.24, 2.45) is 0 Å². The third kappa shape index (κ3) is 4.85. The van der Waals surface area contributed by atoms with Gasteiger partial charge in [0.25, 0.3) is 11.6 Å². The van der Waals surface area contributed by atoms with E-state index in [9.17, 15) is 29.6 Å². The van der Waals surface area contributed by atoms with E-state index in [1.54, 1.807) is 6.92 Å². The van der Waals surface area contributed by atoms with Crippen molar-refractivity contribution in [1.82, 2.24) is 10.2 Å². The van der Waals surface area contributed by atoms with E-state index in [2.05, 4.69) is 5.32 Å². The summed E-state index contributed by atoms with van der Waals surface area (Å²) in [6, 6.07) is 2.37. The van der Waals surface area contributed by atoms with Gasteiger partial charge in [0.05, 0.1) is 4.92 Å². The molecule has 9 nitrogen and oxygen atoms in total. The van der Waals surface area contributed by atoms with Crippen LogP contribution in [-0.2, 0) is 9.59 Å². The van der Waals surface area contributed by atoms with Crippen molar-refractivity contribution in [1.29, 1.82) is 0 Å². The monoisotopic (exact) mass is 391 g/mol. The largest absolute Gasteiger partial charge is 0.480 e. The van der Waals surface area contributed by atoms with E-state index < -0.39 is 34.8 Å². The van der Waals surface area contributed by atoms with Gasteiger partial charge in [0, 0.05) is 23.7 Å². The van der Waals surface area contributed by atoms with Gasteiger partial charge in [-0.25, -0.2) is 4.79 Å². The Balaban J connectivity index is 2.13. The van der Waals surface area contributed by atoms with E-state index in [1.807, 2.05) is 6.92 Å². The quantitative estimate of drug-likeness (QED) is 0.516. The number of carboxylic acids is 1. The summed E-state index contributed by atoms with van der Waals surface area (Å²) in [6.07, 6.45) is 2.89. The maximum absolute atomic E-state index is 12.8. The molecular weight excluding hydrogens is 366 g/mol. The molecule has 0 aliphatic carbocycles. The molecule has 1 aliphatic rings. The van der Waals surface area contributed by atoms with Crippen LogP contribution in [0.15, 0.2) is 18.2 Å². The zero-order chi connectivity index (χ0) is 20.8. The number of nitrogens with one attached hydrogen (secondary N) is 1. The van der Waals surface area contributed by atoms with Gasteiger partial charge in [0.15, 0.2) is 0 Å². The van der Waals surface area contributed by atoms with E-state index in [4.69, 9.17) is 0 Å². The summed E-state index contributed by atoms with van der Waals surface area (Å²) in [4.78, 5) is 48.7. The predicted octanol–water partition coefficient (Wildman–Crippen LogP) is 2.27. The van der Waals surface area contributed by atoms with Crippen molar-refractivity contribution >= 4 is 23.5 Å². The van der Waals surface area contributed by atoms with Crippen LogP contribution in [0.2, 0.25) is 0 Å². The number of hydrogen-bond acceptors (Lipinski definition) is 5. The first-order chi connectivity index (χ1) is 13.3. The summed E-state index contributed by atoms with van der Waals surface area (Å²) in [5, 5.41) is 22.8. The maximum atomic E-state index is 12.8. The normalized spacial score (nSPS) is 17.2. The molecule has 1 fully saturated rings. The number of nitro benzene ring substituents is 1. The molecule has 2 rings (SSSR count). The minimum atomic E-state index is -1.09. The first kappa shape index (κ1) is 21.3. The summed E-state index contributed by atoms with van der Waals surface area (Å²) >= 11 is 0. The standard InChI is InChI=1S/C19H25N3O6/c1-3-4-6-14(19(25)26)20-17(23)16-7-5-10-21(16)18(24)13-8-9-15(22(27)28)12(2)11-13/h8-9,11,14,16H,3-7,10H2,1-2H3,(H,20,23)(H,25,26). The summed E-state index contributed by atoms with van der Waals surface area (Å²) < 4.78 is 0. The van der Waals surface area contributed by atoms with Crippen LogP contribution in [0.3, 0.4) is 0 Å². The van der Waals surface area contributed by atoms with Gasteiger partial charge in [-0.05, 0) is 38.3 Å². The van der Waals surface area contributed by atoms with Crippen LogP contribution >= 0.6 is 0 Å². The van der Waals surface area contributed by atoms with Crippen LogP contribution in [0.4, 0.5) is 5.69 Å². The number of hydrogen-bond donors (Lipinski definition) is 2. The molecule has 0 radical (unpaired) electrons. The molecule has 0 saturated carbocycles. The van der Waals surface area contributed by atoms with Gasteiger partial charge in [0.1, 0.15) is 12.1 Å². The summed E-state index contributed by atoms with van der Waals surface area (Å²) in [6.45, 7) is 3.86. The van der Waals surface area contributed by atoms with Crippen LogP contribution in [0.25, 0.3) is 0 Å². The van der Waals surface area contributed by atoms with Gasteiger partial charge in [-0.3, -0.25) is 19.7 Å². The number of carboxylic acid groups (broad SMARTS) is 1. The minimum Gasteiger partial charge on any atom is -0.480 e. The number of aliphatic carboxylic acids is 1. The van der Waals surface area contributed by atoms with Gasteiger partial charge >= 0.3 is 5.97 Å². The van der Waals surface area contributed by atoms with Crippen molar-refractivity contribution in [3.05, 3.63) is 39.4 Å². The summed E-state index contributed by atoms with van der Waals surface area (Å²) in [5.41, 5.74) is 0.553. The van der Waals surface area contributed by atoms with Gasteiger partial charge < -0.3 is 15.3 Å². The number of unbranched alkanes of at least 4 members (excludes halogenated alkanes) is 1. The second-order valence-electron chi connectivity index (χ2n) is 6.96. The average molecular weight is 391 g/mol. The van der Waals surface area contributed by atoms with Crippen LogP contribution in [0.1, 0.15) is 54.9 Å². The lowest BCUT2D eigenvalue weighted by atomic mass is 10.1. The van der Waals surface area contributed by atoms with Gasteiger partial charge in [-0.2, -0.15) is 0 Å². The molecule has 152 valence electrons. The number of rotatable bonds is 8. The van der Waals surface area contributed by atoms with E-state index in [0.29, 0.717) is 37.8 Å². The number of carbonyl (C=O) groups excluding carboxylic acids is 2. The van der Waals surface area contributed by atoms with Crippen LogP contribution < -0.4 is 5.32 Å². The molecule has 2 unspecified atom stereocenters. The fourth-order valence-electron chi connectivity index (χ4n) is 3.38. The highest BCUT2D eigenvalue weighted by Gasteiger charge is 2.36. The van der Waals surface area contributed by atoms with Crippen molar-refractivity contribution < 1.29 is 24.4 Å². The van der Waals surface area contributed by atoms with Gasteiger partial charge in [0.2, 0.25) is 5.91 Å². The van der Waals surface area contributed by atoms with Gasteiger partial charge in [-0.1, -0.05) is 19.8 Å². The number of amides is 2. The molecule has 0 bridgehead atoms. The number of carbonyl (C=O) groups is 3. The molecule has 2 atom stereocenters. The average Bonchev–Trinajstić information content (AvgIpc) is 3.13. The zero-order valence-corrected chi connectivity index (χ0v) is 16.0. The van der Waals surface area contributed by atoms with Crippen molar-refractivity contribution in [3.63, 3.8) is 0 Å². The highest BCUT2D eigenvalue weighted by molar-refractivity contribution is 5.98. The predicted molar refractivity (Wildman–Crippen MR) is 101 cm³/mol. The maximum Gasteiger partial charge on any atom is 0.326 e. The Labute approximate surface area is 162 Å². The molecule has 1 aromatic rings. The van der Waals surface area contributed by atoms with Crippen molar-refractivity contribution in [3.8, 4) is 0 Å². The molecule has 1 heterocycles. The Bertz CT molecular complexity index is 779. The Morgan fingerprint density at radius 3 is 2.68 bits per heavy atom. The SMILES string of the molecule is CCCCC(NC(=O)C1CCCN1C(=O)c1ccc([N+](=O)[O-])c(C)c1)C(=O)O. The lowest BCUT2D eigenvalue weighted by Gasteiger charge is -2.25. The molecule has 0 spiro atoms.